The van der Waals surface area contributed by atoms with Crippen LogP contribution in [0.25, 0.3) is 0 Å². The van der Waals surface area contributed by atoms with Crippen molar-refractivity contribution in [3.05, 3.63) is 70.8 Å². The lowest BCUT2D eigenvalue weighted by atomic mass is 9.72. The summed E-state index contributed by atoms with van der Waals surface area (Å²) in [5, 5.41) is 0. The van der Waals surface area contributed by atoms with Gasteiger partial charge in [-0.15, -0.1) is 0 Å². The molecule has 0 saturated heterocycles. The smallest absolute Gasteiger partial charge is 0.186 e. The second-order valence-electron chi connectivity index (χ2n) is 8.22. The van der Waals surface area contributed by atoms with Gasteiger partial charge in [0.1, 0.15) is 0 Å². The zero-order chi connectivity index (χ0) is 18.0. The molecule has 0 fully saturated rings. The first-order chi connectivity index (χ1) is 11.1. The Morgan fingerprint density at radius 3 is 1.79 bits per heavy atom. The molecule has 24 heavy (non-hydrogen) atoms. The standard InChI is InChI=1S/C23H26O/c1-22(2,3)19-15-18(16-20(21(19)24)23(4,5)6)14-10-13-17-11-8-7-9-12-17/h7-9,11-12,14-16H,1-6H3. The lowest BCUT2D eigenvalue weighted by Crippen LogP contribution is -2.27. The first kappa shape index (κ1) is 18.0. The number of allylic oxidation sites excluding steroid dienone is 6. The Bertz CT molecular complexity index is 740. The molecule has 1 nitrogen and oxygen atoms in total. The van der Waals surface area contributed by atoms with Crippen molar-refractivity contribution in [1.82, 2.24) is 0 Å². The van der Waals surface area contributed by atoms with E-state index in [1.54, 1.807) is 0 Å². The van der Waals surface area contributed by atoms with Gasteiger partial charge in [-0.05, 0) is 46.8 Å². The fraction of sp³-hybridized carbons (Fsp3) is 0.348. The van der Waals surface area contributed by atoms with E-state index in [2.05, 4.69) is 53.4 Å². The van der Waals surface area contributed by atoms with Crippen molar-refractivity contribution >= 4 is 5.78 Å². The number of ketones is 1. The van der Waals surface area contributed by atoms with Gasteiger partial charge in [0, 0.05) is 16.7 Å². The number of rotatable bonds is 0. The van der Waals surface area contributed by atoms with Gasteiger partial charge in [-0.1, -0.05) is 71.6 Å². The molecule has 0 radical (unpaired) electrons. The third-order valence-corrected chi connectivity index (χ3v) is 3.96. The minimum atomic E-state index is -0.187. The van der Waals surface area contributed by atoms with Crippen LogP contribution in [0.4, 0.5) is 0 Å². The van der Waals surface area contributed by atoms with E-state index in [1.165, 1.54) is 0 Å². The summed E-state index contributed by atoms with van der Waals surface area (Å²) in [4.78, 5) is 12.9. The number of carbonyl (C=O) groups is 1. The second-order valence-corrected chi connectivity index (χ2v) is 8.22. The summed E-state index contributed by atoms with van der Waals surface area (Å²) in [6.07, 6.45) is 5.87. The SMILES string of the molecule is CC(C)(C)C1=CC(=CC#Cc2ccccc2)C=C(C(C)(C)C)C1=O. The van der Waals surface area contributed by atoms with E-state index in [0.29, 0.717) is 0 Å². The molecule has 0 bridgehead atoms. The summed E-state index contributed by atoms with van der Waals surface area (Å²) in [6.45, 7) is 12.5. The average molecular weight is 318 g/mol. The molecular weight excluding hydrogens is 292 g/mol. The monoisotopic (exact) mass is 318 g/mol. The maximum atomic E-state index is 12.9. The summed E-state index contributed by atoms with van der Waals surface area (Å²) in [7, 11) is 0. The van der Waals surface area contributed by atoms with E-state index in [0.717, 1.165) is 22.3 Å². The molecule has 2 rings (SSSR count). The molecule has 1 heteroatoms. The molecule has 1 aliphatic rings. The van der Waals surface area contributed by atoms with Crippen LogP contribution >= 0.6 is 0 Å². The van der Waals surface area contributed by atoms with Gasteiger partial charge in [0.2, 0.25) is 0 Å². The molecule has 0 aliphatic heterocycles. The van der Waals surface area contributed by atoms with Crippen LogP contribution in [0.1, 0.15) is 47.1 Å². The summed E-state index contributed by atoms with van der Waals surface area (Å²) in [5.74, 6) is 6.41. The molecule has 1 aliphatic carbocycles. The Balaban J connectivity index is 2.45. The van der Waals surface area contributed by atoms with Crippen molar-refractivity contribution in [3.63, 3.8) is 0 Å². The molecule has 0 spiro atoms. The second kappa shape index (κ2) is 6.65. The van der Waals surface area contributed by atoms with E-state index in [4.69, 9.17) is 0 Å². The molecule has 0 unspecified atom stereocenters. The lowest BCUT2D eigenvalue weighted by Gasteiger charge is -2.31. The van der Waals surface area contributed by atoms with Crippen LogP contribution in [0.2, 0.25) is 0 Å². The number of hydrogen-bond donors (Lipinski definition) is 0. The van der Waals surface area contributed by atoms with Crippen molar-refractivity contribution in [2.24, 2.45) is 10.8 Å². The molecule has 0 atom stereocenters. The molecule has 1 aromatic carbocycles. The van der Waals surface area contributed by atoms with Gasteiger partial charge in [-0.25, -0.2) is 0 Å². The summed E-state index contributed by atoms with van der Waals surface area (Å²) >= 11 is 0. The summed E-state index contributed by atoms with van der Waals surface area (Å²) in [5.41, 5.74) is 3.31. The van der Waals surface area contributed by atoms with Gasteiger partial charge in [0.05, 0.1) is 0 Å². The maximum Gasteiger partial charge on any atom is 0.186 e. The van der Waals surface area contributed by atoms with Crippen molar-refractivity contribution in [1.29, 1.82) is 0 Å². The van der Waals surface area contributed by atoms with E-state index in [-0.39, 0.29) is 16.6 Å². The molecule has 0 N–H and O–H groups in total. The highest BCUT2D eigenvalue weighted by molar-refractivity contribution is 6.11. The van der Waals surface area contributed by atoms with Crippen LogP contribution in [0, 0.1) is 22.7 Å². The van der Waals surface area contributed by atoms with Crippen LogP contribution in [-0.2, 0) is 4.79 Å². The van der Waals surface area contributed by atoms with Crippen molar-refractivity contribution in [2.75, 3.05) is 0 Å². The number of carbonyl (C=O) groups excluding carboxylic acids is 1. The van der Waals surface area contributed by atoms with Crippen LogP contribution in [-0.4, -0.2) is 5.78 Å². The zero-order valence-electron chi connectivity index (χ0n) is 15.5. The largest absolute Gasteiger partial charge is 0.289 e. The van der Waals surface area contributed by atoms with E-state index in [9.17, 15) is 4.79 Å². The number of hydrogen-bond acceptors (Lipinski definition) is 1. The quantitative estimate of drug-likeness (QED) is 0.578. The Kier molecular flexibility index (Phi) is 4.99. The number of Topliss-reactive ketones (excluding diaryl/α,β-unsaturated/α-hetero) is 1. The average Bonchev–Trinajstić information content (AvgIpc) is 2.47. The van der Waals surface area contributed by atoms with Crippen LogP contribution in [0.3, 0.4) is 0 Å². The third-order valence-electron chi connectivity index (χ3n) is 3.96. The van der Waals surface area contributed by atoms with Gasteiger partial charge >= 0.3 is 0 Å². The Hall–Kier alpha value is -2.33. The normalized spacial score (nSPS) is 15.2. The first-order valence-electron chi connectivity index (χ1n) is 8.35. The van der Waals surface area contributed by atoms with Crippen molar-refractivity contribution in [2.45, 2.75) is 41.5 Å². The summed E-state index contributed by atoms with van der Waals surface area (Å²) < 4.78 is 0. The van der Waals surface area contributed by atoms with E-state index >= 15 is 0 Å². The minimum absolute atomic E-state index is 0.156. The predicted octanol–water partition coefficient (Wildman–Crippen LogP) is 5.49. The maximum absolute atomic E-state index is 12.9. The molecule has 124 valence electrons. The predicted molar refractivity (Wildman–Crippen MR) is 101 cm³/mol. The Morgan fingerprint density at radius 1 is 0.833 bits per heavy atom. The van der Waals surface area contributed by atoms with Gasteiger partial charge in [0.25, 0.3) is 0 Å². The van der Waals surface area contributed by atoms with Gasteiger partial charge in [-0.3, -0.25) is 4.79 Å². The van der Waals surface area contributed by atoms with E-state index in [1.807, 2.05) is 48.6 Å². The fourth-order valence-electron chi connectivity index (χ4n) is 2.57. The lowest BCUT2D eigenvalue weighted by molar-refractivity contribution is -0.114. The highest BCUT2D eigenvalue weighted by atomic mass is 16.1. The van der Waals surface area contributed by atoms with Gasteiger partial charge in [0.15, 0.2) is 5.78 Å². The molecule has 0 saturated carbocycles. The highest BCUT2D eigenvalue weighted by Crippen LogP contribution is 2.38. The molecular formula is C23H26O. The minimum Gasteiger partial charge on any atom is -0.289 e. The molecule has 0 amide bonds. The Labute approximate surface area is 146 Å². The van der Waals surface area contributed by atoms with Gasteiger partial charge in [-0.2, -0.15) is 0 Å². The Morgan fingerprint density at radius 2 is 1.33 bits per heavy atom. The van der Waals surface area contributed by atoms with Crippen LogP contribution < -0.4 is 0 Å². The van der Waals surface area contributed by atoms with Gasteiger partial charge < -0.3 is 0 Å². The topological polar surface area (TPSA) is 17.1 Å². The molecule has 0 aromatic heterocycles. The van der Waals surface area contributed by atoms with Crippen molar-refractivity contribution in [3.8, 4) is 11.8 Å². The third kappa shape index (κ3) is 4.36. The highest BCUT2D eigenvalue weighted by Gasteiger charge is 2.33. The van der Waals surface area contributed by atoms with E-state index < -0.39 is 0 Å². The summed E-state index contributed by atoms with van der Waals surface area (Å²) in [6, 6.07) is 9.91. The fourth-order valence-corrected chi connectivity index (χ4v) is 2.57. The first-order valence-corrected chi connectivity index (χ1v) is 8.35. The van der Waals surface area contributed by atoms with Crippen LogP contribution in [0.5, 0.6) is 0 Å². The zero-order valence-corrected chi connectivity index (χ0v) is 15.5. The van der Waals surface area contributed by atoms with Crippen molar-refractivity contribution < 1.29 is 4.79 Å². The molecule has 1 aromatic rings. The number of benzene rings is 1. The molecule has 0 heterocycles. The van der Waals surface area contributed by atoms with Crippen LogP contribution in [0.15, 0.2) is 65.3 Å².